The van der Waals surface area contributed by atoms with Gasteiger partial charge in [0.05, 0.1) is 16.3 Å². The molecule has 1 aromatic heterocycles. The van der Waals surface area contributed by atoms with E-state index in [1.165, 1.54) is 0 Å². The summed E-state index contributed by atoms with van der Waals surface area (Å²) < 4.78 is 7.24. The molecule has 3 rings (SSSR count). The van der Waals surface area contributed by atoms with Crippen LogP contribution in [0.4, 0.5) is 0 Å². The number of nitriles is 1. The van der Waals surface area contributed by atoms with Crippen LogP contribution in [-0.4, -0.2) is 28.5 Å². The van der Waals surface area contributed by atoms with Crippen molar-refractivity contribution in [1.29, 1.82) is 5.26 Å². The van der Waals surface area contributed by atoms with Gasteiger partial charge in [-0.05, 0) is 37.5 Å². The lowest BCUT2D eigenvalue weighted by molar-refractivity contribution is 0.0919. The molecule has 2 heterocycles. The van der Waals surface area contributed by atoms with Gasteiger partial charge in [0.25, 0.3) is 0 Å². The molecule has 118 valence electrons. The highest BCUT2D eigenvalue weighted by Gasteiger charge is 2.20. The molecule has 0 saturated carbocycles. The number of carbonyl (C=O) groups excluding carboxylic acids is 1. The van der Waals surface area contributed by atoms with Crippen LogP contribution in [0, 0.1) is 11.3 Å². The quantitative estimate of drug-likeness (QED) is 0.804. The van der Waals surface area contributed by atoms with Crippen LogP contribution in [-0.2, 0) is 11.2 Å². The molecule has 23 heavy (non-hydrogen) atoms. The van der Waals surface area contributed by atoms with Gasteiger partial charge in [0.2, 0.25) is 0 Å². The Labute approximate surface area is 139 Å². The Kier molecular flexibility index (Phi) is 4.75. The van der Waals surface area contributed by atoms with Crippen molar-refractivity contribution >= 4 is 17.4 Å². The molecule has 0 atom stereocenters. The second-order valence-electron chi connectivity index (χ2n) is 5.43. The summed E-state index contributed by atoms with van der Waals surface area (Å²) in [5.74, 6) is 0.0588. The Bertz CT molecular complexity index is 777. The predicted octanol–water partition coefficient (Wildman–Crippen LogP) is 3.32. The minimum Gasteiger partial charge on any atom is -0.381 e. The van der Waals surface area contributed by atoms with Crippen LogP contribution >= 0.6 is 11.6 Å². The third kappa shape index (κ3) is 3.29. The van der Waals surface area contributed by atoms with Gasteiger partial charge in [0.1, 0.15) is 18.1 Å². The molecule has 0 amide bonds. The highest BCUT2D eigenvalue weighted by molar-refractivity contribution is 6.31. The summed E-state index contributed by atoms with van der Waals surface area (Å²) in [6, 6.07) is 7.16. The van der Waals surface area contributed by atoms with E-state index in [1.54, 1.807) is 29.1 Å². The molecule has 1 aliphatic rings. The van der Waals surface area contributed by atoms with E-state index in [1.807, 2.05) is 6.07 Å². The van der Waals surface area contributed by atoms with Gasteiger partial charge in [-0.1, -0.05) is 11.6 Å². The van der Waals surface area contributed by atoms with E-state index in [2.05, 4.69) is 4.98 Å². The molecule has 1 aliphatic heterocycles. The normalized spacial score (nSPS) is 15.7. The fraction of sp³-hybridized carbons (Fsp3) is 0.353. The number of nitrogens with zero attached hydrogens (tertiary/aromatic N) is 3. The molecule has 5 nitrogen and oxygen atoms in total. The third-order valence-corrected chi connectivity index (χ3v) is 4.17. The van der Waals surface area contributed by atoms with Crippen molar-refractivity contribution in [2.45, 2.75) is 25.7 Å². The average molecular weight is 330 g/mol. The van der Waals surface area contributed by atoms with Crippen molar-refractivity contribution in [3.63, 3.8) is 0 Å². The lowest BCUT2D eigenvalue weighted by Crippen LogP contribution is -2.13. The van der Waals surface area contributed by atoms with Gasteiger partial charge in [-0.3, -0.25) is 9.36 Å². The van der Waals surface area contributed by atoms with Crippen LogP contribution in [0.1, 0.15) is 41.0 Å². The number of imidazole rings is 1. The zero-order chi connectivity index (χ0) is 16.2. The van der Waals surface area contributed by atoms with Crippen LogP contribution in [0.3, 0.4) is 0 Å². The first kappa shape index (κ1) is 15.7. The maximum absolute atomic E-state index is 12.6. The van der Waals surface area contributed by atoms with Crippen molar-refractivity contribution in [2.75, 3.05) is 13.2 Å². The summed E-state index contributed by atoms with van der Waals surface area (Å²) in [7, 11) is 0. The molecular formula is C17H16ClN3O2. The fourth-order valence-corrected chi connectivity index (χ4v) is 2.92. The van der Waals surface area contributed by atoms with Crippen LogP contribution in [0.15, 0.2) is 24.5 Å². The Hall–Kier alpha value is -2.16. The van der Waals surface area contributed by atoms with Crippen molar-refractivity contribution in [2.24, 2.45) is 0 Å². The summed E-state index contributed by atoms with van der Waals surface area (Å²) in [6.07, 6.45) is 4.34. The minimum absolute atomic E-state index is 0.0588. The number of fused-ring (bicyclic) bond motifs is 1. The number of ether oxygens (including phenoxy) is 1. The average Bonchev–Trinajstić information content (AvgIpc) is 2.98. The van der Waals surface area contributed by atoms with Crippen molar-refractivity contribution in [3.05, 3.63) is 46.5 Å². The highest BCUT2D eigenvalue weighted by Crippen LogP contribution is 2.24. The summed E-state index contributed by atoms with van der Waals surface area (Å²) in [5.41, 5.74) is 2.56. The monoisotopic (exact) mass is 329 g/mol. The molecule has 0 fully saturated rings. The van der Waals surface area contributed by atoms with E-state index in [0.717, 1.165) is 17.8 Å². The number of hydrogen-bond donors (Lipinski definition) is 0. The molecule has 2 aromatic rings. The lowest BCUT2D eigenvalue weighted by atomic mass is 10.1. The Morgan fingerprint density at radius 2 is 2.04 bits per heavy atom. The maximum Gasteiger partial charge on any atom is 0.181 e. The van der Waals surface area contributed by atoms with E-state index in [9.17, 15) is 4.79 Å². The first-order valence-corrected chi connectivity index (χ1v) is 7.95. The molecule has 1 aromatic carbocycles. The number of carbonyl (C=O) groups is 1. The first-order valence-electron chi connectivity index (χ1n) is 7.58. The SMILES string of the molecule is N#Cc1ccc(-n2cnc3c2C(=O)CCCOCCC3)cc1Cl. The maximum atomic E-state index is 12.6. The number of benzene rings is 1. The van der Waals surface area contributed by atoms with E-state index in [0.29, 0.717) is 48.8 Å². The van der Waals surface area contributed by atoms with Gasteiger partial charge in [-0.25, -0.2) is 4.98 Å². The molecular weight excluding hydrogens is 314 g/mol. The van der Waals surface area contributed by atoms with Crippen molar-refractivity contribution in [1.82, 2.24) is 9.55 Å². The van der Waals surface area contributed by atoms with Gasteiger partial charge in [-0.2, -0.15) is 5.26 Å². The van der Waals surface area contributed by atoms with Crippen LogP contribution in [0.5, 0.6) is 0 Å². The van der Waals surface area contributed by atoms with E-state index in [4.69, 9.17) is 21.6 Å². The third-order valence-electron chi connectivity index (χ3n) is 3.85. The minimum atomic E-state index is 0.0588. The first-order chi connectivity index (χ1) is 11.2. The molecule has 0 bridgehead atoms. The predicted molar refractivity (Wildman–Crippen MR) is 86.0 cm³/mol. The Morgan fingerprint density at radius 1 is 1.26 bits per heavy atom. The summed E-state index contributed by atoms with van der Waals surface area (Å²) in [5, 5.41) is 9.35. The van der Waals surface area contributed by atoms with Gasteiger partial charge in [0.15, 0.2) is 5.78 Å². The topological polar surface area (TPSA) is 67.9 Å². The standard InChI is InChI=1S/C17H16ClN3O2/c18-14-9-13(6-5-12(14)10-19)21-11-20-15-3-1-7-23-8-2-4-16(22)17(15)21/h5-6,9,11H,1-4,7-8H2. The molecule has 0 aliphatic carbocycles. The number of aryl methyl sites for hydroxylation is 1. The summed E-state index contributed by atoms with van der Waals surface area (Å²) >= 11 is 6.11. The van der Waals surface area contributed by atoms with E-state index >= 15 is 0 Å². The molecule has 0 saturated heterocycles. The molecule has 0 unspecified atom stereocenters. The Morgan fingerprint density at radius 3 is 2.78 bits per heavy atom. The number of rotatable bonds is 1. The highest BCUT2D eigenvalue weighted by atomic mass is 35.5. The number of Topliss-reactive ketones (excluding diaryl/α,β-unsaturated/α-hetero) is 1. The molecule has 0 radical (unpaired) electrons. The molecule has 6 heteroatoms. The lowest BCUT2D eigenvalue weighted by Gasteiger charge is -2.12. The van der Waals surface area contributed by atoms with Gasteiger partial charge >= 0.3 is 0 Å². The summed E-state index contributed by atoms with van der Waals surface area (Å²) in [4.78, 5) is 17.0. The fourth-order valence-electron chi connectivity index (χ4n) is 2.70. The van der Waals surface area contributed by atoms with Gasteiger partial charge in [-0.15, -0.1) is 0 Å². The van der Waals surface area contributed by atoms with Crippen LogP contribution < -0.4 is 0 Å². The summed E-state index contributed by atoms with van der Waals surface area (Å²) in [6.45, 7) is 1.29. The zero-order valence-electron chi connectivity index (χ0n) is 12.6. The zero-order valence-corrected chi connectivity index (χ0v) is 13.3. The molecule has 0 N–H and O–H groups in total. The molecule has 0 spiro atoms. The second kappa shape index (κ2) is 6.95. The van der Waals surface area contributed by atoms with Crippen LogP contribution in [0.25, 0.3) is 5.69 Å². The van der Waals surface area contributed by atoms with E-state index < -0.39 is 0 Å². The Balaban J connectivity index is 2.04. The number of hydrogen-bond acceptors (Lipinski definition) is 4. The number of ketones is 1. The van der Waals surface area contributed by atoms with Gasteiger partial charge in [0, 0.05) is 25.3 Å². The van der Waals surface area contributed by atoms with Crippen molar-refractivity contribution < 1.29 is 9.53 Å². The van der Waals surface area contributed by atoms with Crippen LogP contribution in [0.2, 0.25) is 5.02 Å². The number of halogens is 1. The smallest absolute Gasteiger partial charge is 0.181 e. The van der Waals surface area contributed by atoms with Crippen molar-refractivity contribution in [3.8, 4) is 11.8 Å². The largest absolute Gasteiger partial charge is 0.381 e. The van der Waals surface area contributed by atoms with E-state index in [-0.39, 0.29) is 5.78 Å². The van der Waals surface area contributed by atoms with Gasteiger partial charge < -0.3 is 4.74 Å². The second-order valence-corrected chi connectivity index (χ2v) is 5.84. The number of aromatic nitrogens is 2.